The fourth-order valence-corrected chi connectivity index (χ4v) is 1.26. The zero-order valence-electron chi connectivity index (χ0n) is 7.53. The highest BCUT2D eigenvalue weighted by Crippen LogP contribution is 2.16. The van der Waals surface area contributed by atoms with Gasteiger partial charge in [-0.1, -0.05) is 30.4 Å². The van der Waals surface area contributed by atoms with E-state index in [0.29, 0.717) is 5.88 Å². The molecule has 2 nitrogen and oxygen atoms in total. The number of nitrogens with one attached hydrogen (secondary N) is 1. The number of para-hydroxylation sites is 1. The zero-order valence-corrected chi connectivity index (χ0v) is 9.11. The summed E-state index contributed by atoms with van der Waals surface area (Å²) in [5.74, 6) is 0.488. The van der Waals surface area contributed by atoms with Crippen LogP contribution in [-0.4, -0.2) is 11.0 Å². The highest BCUT2D eigenvalue weighted by molar-refractivity contribution is 7.80. The first kappa shape index (κ1) is 11.0. The fourth-order valence-electron chi connectivity index (χ4n) is 1.06. The summed E-state index contributed by atoms with van der Waals surface area (Å²) < 4.78 is 0. The first-order valence-corrected chi connectivity index (χ1v) is 5.06. The lowest BCUT2D eigenvalue weighted by molar-refractivity contribution is 1.57. The SMILES string of the molecule is NC(=S)Nc1ccccc1C=CCCl. The maximum absolute atomic E-state index is 5.55. The van der Waals surface area contributed by atoms with Gasteiger partial charge in [0.05, 0.1) is 0 Å². The Kier molecular flexibility index (Phi) is 4.43. The lowest BCUT2D eigenvalue weighted by atomic mass is 10.1. The van der Waals surface area contributed by atoms with E-state index in [1.807, 2.05) is 36.4 Å². The van der Waals surface area contributed by atoms with Crippen LogP contribution in [0, 0.1) is 0 Å². The molecule has 0 aliphatic heterocycles. The molecule has 0 heterocycles. The van der Waals surface area contributed by atoms with Crippen molar-refractivity contribution in [3.05, 3.63) is 35.9 Å². The van der Waals surface area contributed by atoms with Crippen LogP contribution < -0.4 is 11.1 Å². The molecule has 4 heteroatoms. The van der Waals surface area contributed by atoms with E-state index < -0.39 is 0 Å². The van der Waals surface area contributed by atoms with Gasteiger partial charge in [-0.05, 0) is 23.8 Å². The second-order valence-corrected chi connectivity index (χ2v) is 3.38. The number of halogens is 1. The molecule has 0 atom stereocenters. The van der Waals surface area contributed by atoms with Gasteiger partial charge in [0.2, 0.25) is 0 Å². The number of allylic oxidation sites excluding steroid dienone is 1. The molecule has 0 aromatic heterocycles. The third-order valence-electron chi connectivity index (χ3n) is 1.61. The standard InChI is InChI=1S/C10H11ClN2S/c11-7-3-5-8-4-1-2-6-9(8)13-10(12)14/h1-6H,7H2,(H3,12,13,14). The van der Waals surface area contributed by atoms with Gasteiger partial charge in [-0.2, -0.15) is 0 Å². The van der Waals surface area contributed by atoms with Crippen LogP contribution in [0.15, 0.2) is 30.3 Å². The van der Waals surface area contributed by atoms with Gasteiger partial charge in [0, 0.05) is 11.6 Å². The molecule has 3 N–H and O–H groups in total. The summed E-state index contributed by atoms with van der Waals surface area (Å²) in [6.45, 7) is 0. The maximum Gasteiger partial charge on any atom is 0.168 e. The van der Waals surface area contributed by atoms with E-state index in [-0.39, 0.29) is 5.11 Å². The molecule has 1 aromatic rings. The minimum atomic E-state index is 0.261. The number of thiocarbonyl (C=S) groups is 1. The van der Waals surface area contributed by atoms with Crippen molar-refractivity contribution in [3.63, 3.8) is 0 Å². The molecule has 0 aliphatic rings. The number of anilines is 1. The highest BCUT2D eigenvalue weighted by atomic mass is 35.5. The summed E-state index contributed by atoms with van der Waals surface area (Å²) in [5.41, 5.74) is 7.30. The lowest BCUT2D eigenvalue weighted by Crippen LogP contribution is -2.19. The lowest BCUT2D eigenvalue weighted by Gasteiger charge is -2.06. The second kappa shape index (κ2) is 5.62. The first-order valence-electron chi connectivity index (χ1n) is 4.12. The fraction of sp³-hybridized carbons (Fsp3) is 0.100. The average Bonchev–Trinajstić information content (AvgIpc) is 2.16. The molecule has 0 saturated carbocycles. The smallest absolute Gasteiger partial charge is 0.168 e. The monoisotopic (exact) mass is 226 g/mol. The third kappa shape index (κ3) is 3.36. The number of alkyl halides is 1. The minimum absolute atomic E-state index is 0.261. The number of hydrogen-bond donors (Lipinski definition) is 2. The Bertz CT molecular complexity index is 350. The normalized spacial score (nSPS) is 10.4. The maximum atomic E-state index is 5.55. The van der Waals surface area contributed by atoms with Crippen LogP contribution in [0.5, 0.6) is 0 Å². The summed E-state index contributed by atoms with van der Waals surface area (Å²) in [6.07, 6.45) is 3.79. The molecule has 0 amide bonds. The van der Waals surface area contributed by atoms with Gasteiger partial charge in [0.1, 0.15) is 0 Å². The van der Waals surface area contributed by atoms with E-state index in [4.69, 9.17) is 29.6 Å². The van der Waals surface area contributed by atoms with E-state index in [9.17, 15) is 0 Å². The van der Waals surface area contributed by atoms with Crippen molar-refractivity contribution in [1.29, 1.82) is 0 Å². The average molecular weight is 227 g/mol. The third-order valence-corrected chi connectivity index (χ3v) is 1.89. The molecular formula is C10H11ClN2S. The predicted molar refractivity (Wildman–Crippen MR) is 66.6 cm³/mol. The van der Waals surface area contributed by atoms with Crippen molar-refractivity contribution in [3.8, 4) is 0 Å². The summed E-state index contributed by atoms with van der Waals surface area (Å²) in [7, 11) is 0. The van der Waals surface area contributed by atoms with Gasteiger partial charge in [0.15, 0.2) is 5.11 Å². The van der Waals surface area contributed by atoms with E-state index in [0.717, 1.165) is 11.3 Å². The quantitative estimate of drug-likeness (QED) is 0.615. The van der Waals surface area contributed by atoms with E-state index in [1.165, 1.54) is 0 Å². The molecule has 1 aromatic carbocycles. The van der Waals surface area contributed by atoms with Crippen molar-refractivity contribution >= 4 is 40.7 Å². The molecule has 0 radical (unpaired) electrons. The first-order chi connectivity index (χ1) is 6.74. The molecule has 74 valence electrons. The van der Waals surface area contributed by atoms with Crippen LogP contribution in [0.2, 0.25) is 0 Å². The summed E-state index contributed by atoms with van der Waals surface area (Å²) in [6, 6.07) is 7.73. The number of benzene rings is 1. The molecule has 0 bridgehead atoms. The summed E-state index contributed by atoms with van der Waals surface area (Å²) in [5, 5.41) is 3.16. The Morgan fingerprint density at radius 1 is 1.50 bits per heavy atom. The van der Waals surface area contributed by atoms with Gasteiger partial charge in [-0.3, -0.25) is 0 Å². The van der Waals surface area contributed by atoms with Crippen molar-refractivity contribution in [2.24, 2.45) is 5.73 Å². The van der Waals surface area contributed by atoms with Gasteiger partial charge in [0.25, 0.3) is 0 Å². The van der Waals surface area contributed by atoms with E-state index in [1.54, 1.807) is 0 Å². The van der Waals surface area contributed by atoms with E-state index >= 15 is 0 Å². The van der Waals surface area contributed by atoms with Crippen LogP contribution in [0.4, 0.5) is 5.69 Å². The van der Waals surface area contributed by atoms with Crippen molar-refractivity contribution < 1.29 is 0 Å². The Balaban J connectivity index is 2.90. The molecule has 0 fully saturated rings. The zero-order chi connectivity index (χ0) is 10.4. The van der Waals surface area contributed by atoms with Gasteiger partial charge >= 0.3 is 0 Å². The Labute approximate surface area is 93.8 Å². The molecule has 1 rings (SSSR count). The molecule has 14 heavy (non-hydrogen) atoms. The van der Waals surface area contributed by atoms with Crippen LogP contribution in [0.1, 0.15) is 5.56 Å². The van der Waals surface area contributed by atoms with Crippen LogP contribution in [-0.2, 0) is 0 Å². The largest absolute Gasteiger partial charge is 0.376 e. The number of rotatable bonds is 3. The van der Waals surface area contributed by atoms with Gasteiger partial charge in [-0.25, -0.2) is 0 Å². The Hall–Kier alpha value is -1.06. The summed E-state index contributed by atoms with van der Waals surface area (Å²) in [4.78, 5) is 0. The number of hydrogen-bond acceptors (Lipinski definition) is 1. The van der Waals surface area contributed by atoms with Crippen LogP contribution in [0.3, 0.4) is 0 Å². The second-order valence-electron chi connectivity index (χ2n) is 2.63. The van der Waals surface area contributed by atoms with Crippen molar-refractivity contribution in [2.75, 3.05) is 11.2 Å². The van der Waals surface area contributed by atoms with Crippen LogP contribution >= 0.6 is 23.8 Å². The number of nitrogens with two attached hydrogens (primary N) is 1. The molecule has 0 spiro atoms. The van der Waals surface area contributed by atoms with Crippen molar-refractivity contribution in [2.45, 2.75) is 0 Å². The summed E-state index contributed by atoms with van der Waals surface area (Å²) >= 11 is 10.3. The van der Waals surface area contributed by atoms with Crippen LogP contribution in [0.25, 0.3) is 6.08 Å². The predicted octanol–water partition coefficient (Wildman–Crippen LogP) is 2.59. The van der Waals surface area contributed by atoms with Gasteiger partial charge < -0.3 is 11.1 Å². The van der Waals surface area contributed by atoms with Gasteiger partial charge in [-0.15, -0.1) is 11.6 Å². The van der Waals surface area contributed by atoms with Crippen molar-refractivity contribution in [1.82, 2.24) is 0 Å². The molecule has 0 unspecified atom stereocenters. The Morgan fingerprint density at radius 2 is 2.21 bits per heavy atom. The van der Waals surface area contributed by atoms with E-state index in [2.05, 4.69) is 5.32 Å². The minimum Gasteiger partial charge on any atom is -0.376 e. The molecule has 0 saturated heterocycles. The Morgan fingerprint density at radius 3 is 2.86 bits per heavy atom. The molecule has 0 aliphatic carbocycles. The topological polar surface area (TPSA) is 38.0 Å². The highest BCUT2D eigenvalue weighted by Gasteiger charge is 1.97. The molecular weight excluding hydrogens is 216 g/mol.